The van der Waals surface area contributed by atoms with Crippen molar-refractivity contribution in [3.63, 3.8) is 0 Å². The van der Waals surface area contributed by atoms with Crippen LogP contribution in [0, 0.1) is 6.92 Å². The number of anilines is 1. The van der Waals surface area contributed by atoms with Crippen LogP contribution >= 0.6 is 11.8 Å². The standard InChI is InChI=1S/C27H25N3O4S/c1-18-10-6-8-14-22(18)30-26(33)20(16-19-11-4-3-5-12-19)25(32)29-27(30)35-17-24(31)28-21-13-7-9-15-23(21)34-2/h3-15,32H,16-17H2,1-2H3,(H,28,31). The van der Waals surface area contributed by atoms with Gasteiger partial charge in [-0.15, -0.1) is 0 Å². The Kier molecular flexibility index (Phi) is 7.52. The molecule has 0 spiro atoms. The second-order valence-corrected chi connectivity index (χ2v) is 8.77. The van der Waals surface area contributed by atoms with E-state index in [9.17, 15) is 14.7 Å². The zero-order valence-corrected chi connectivity index (χ0v) is 20.2. The monoisotopic (exact) mass is 487 g/mol. The van der Waals surface area contributed by atoms with E-state index in [0.717, 1.165) is 22.9 Å². The molecular formula is C27H25N3O4S. The highest BCUT2D eigenvalue weighted by atomic mass is 32.2. The van der Waals surface area contributed by atoms with Crippen LogP contribution in [-0.2, 0) is 11.2 Å². The first kappa shape index (κ1) is 24.1. The van der Waals surface area contributed by atoms with Crippen LogP contribution in [0.4, 0.5) is 5.69 Å². The minimum Gasteiger partial charge on any atom is -0.495 e. The van der Waals surface area contributed by atoms with Gasteiger partial charge >= 0.3 is 0 Å². The molecular weight excluding hydrogens is 462 g/mol. The maximum atomic E-state index is 13.6. The zero-order valence-electron chi connectivity index (χ0n) is 19.4. The van der Waals surface area contributed by atoms with Gasteiger partial charge in [0.2, 0.25) is 11.8 Å². The van der Waals surface area contributed by atoms with E-state index in [1.165, 1.54) is 11.7 Å². The highest BCUT2D eigenvalue weighted by Gasteiger charge is 2.20. The number of hydrogen-bond acceptors (Lipinski definition) is 6. The number of ether oxygens (including phenoxy) is 1. The molecule has 0 aliphatic carbocycles. The van der Waals surface area contributed by atoms with Crippen LogP contribution in [0.5, 0.6) is 11.6 Å². The number of amides is 1. The van der Waals surface area contributed by atoms with E-state index in [1.807, 2.05) is 67.6 Å². The van der Waals surface area contributed by atoms with Crippen LogP contribution in [0.3, 0.4) is 0 Å². The van der Waals surface area contributed by atoms with Gasteiger partial charge in [0.1, 0.15) is 5.75 Å². The van der Waals surface area contributed by atoms with Gasteiger partial charge < -0.3 is 15.2 Å². The largest absolute Gasteiger partial charge is 0.495 e. The third-order valence-corrected chi connectivity index (χ3v) is 6.36. The highest BCUT2D eigenvalue weighted by Crippen LogP contribution is 2.27. The second kappa shape index (κ2) is 10.9. The second-order valence-electron chi connectivity index (χ2n) is 7.82. The minimum atomic E-state index is -0.372. The lowest BCUT2D eigenvalue weighted by Crippen LogP contribution is -2.26. The van der Waals surface area contributed by atoms with Crippen LogP contribution in [0.1, 0.15) is 16.7 Å². The molecule has 178 valence electrons. The first-order chi connectivity index (χ1) is 17.0. The molecule has 35 heavy (non-hydrogen) atoms. The predicted molar refractivity (Wildman–Crippen MR) is 138 cm³/mol. The third kappa shape index (κ3) is 5.55. The third-order valence-electron chi connectivity index (χ3n) is 5.42. The number of benzene rings is 3. The maximum Gasteiger partial charge on any atom is 0.266 e. The predicted octanol–water partition coefficient (Wildman–Crippen LogP) is 4.58. The Labute approximate surface area is 207 Å². The van der Waals surface area contributed by atoms with Crippen molar-refractivity contribution in [2.24, 2.45) is 0 Å². The normalized spacial score (nSPS) is 10.7. The van der Waals surface area contributed by atoms with E-state index < -0.39 is 0 Å². The number of hydrogen-bond donors (Lipinski definition) is 2. The molecule has 3 aromatic carbocycles. The number of aryl methyl sites for hydroxylation is 1. The molecule has 4 rings (SSSR count). The molecule has 2 N–H and O–H groups in total. The van der Waals surface area contributed by atoms with Gasteiger partial charge in [-0.2, -0.15) is 4.98 Å². The molecule has 0 bridgehead atoms. The first-order valence-corrected chi connectivity index (χ1v) is 12.0. The van der Waals surface area contributed by atoms with Crippen molar-refractivity contribution < 1.29 is 14.6 Å². The average molecular weight is 488 g/mol. The van der Waals surface area contributed by atoms with Crippen molar-refractivity contribution in [2.75, 3.05) is 18.2 Å². The zero-order chi connectivity index (χ0) is 24.8. The molecule has 0 aliphatic heterocycles. The summed E-state index contributed by atoms with van der Waals surface area (Å²) in [5.74, 6) is -0.105. The van der Waals surface area contributed by atoms with E-state index in [2.05, 4.69) is 10.3 Å². The van der Waals surface area contributed by atoms with Gasteiger partial charge in [0.15, 0.2) is 5.16 Å². The van der Waals surface area contributed by atoms with Gasteiger partial charge in [0.25, 0.3) is 5.56 Å². The minimum absolute atomic E-state index is 0.0200. The Balaban J connectivity index is 1.67. The van der Waals surface area contributed by atoms with Crippen LogP contribution < -0.4 is 15.6 Å². The summed E-state index contributed by atoms with van der Waals surface area (Å²) in [5.41, 5.74) is 2.77. The number of carbonyl (C=O) groups excluding carboxylic acids is 1. The van der Waals surface area contributed by atoms with Gasteiger partial charge in [-0.25, -0.2) is 0 Å². The number of rotatable bonds is 8. The molecule has 0 radical (unpaired) electrons. The molecule has 0 aliphatic rings. The lowest BCUT2D eigenvalue weighted by atomic mass is 10.1. The van der Waals surface area contributed by atoms with Gasteiger partial charge in [-0.05, 0) is 36.2 Å². The van der Waals surface area contributed by atoms with Crippen molar-refractivity contribution in [3.8, 4) is 17.3 Å². The number of thioether (sulfide) groups is 1. The fraction of sp³-hybridized carbons (Fsp3) is 0.148. The number of methoxy groups -OCH3 is 1. The summed E-state index contributed by atoms with van der Waals surface area (Å²) in [5, 5.41) is 13.7. The molecule has 1 amide bonds. The number of carbonyl (C=O) groups is 1. The Bertz CT molecular complexity index is 1400. The van der Waals surface area contributed by atoms with Gasteiger partial charge in [-0.3, -0.25) is 14.2 Å². The van der Waals surface area contributed by atoms with E-state index in [4.69, 9.17) is 4.74 Å². The topological polar surface area (TPSA) is 93.5 Å². The summed E-state index contributed by atoms with van der Waals surface area (Å²) in [6.45, 7) is 1.90. The molecule has 0 fully saturated rings. The molecule has 7 nitrogen and oxygen atoms in total. The maximum absolute atomic E-state index is 13.6. The quantitative estimate of drug-likeness (QED) is 0.279. The molecule has 0 saturated heterocycles. The van der Waals surface area contributed by atoms with Crippen LogP contribution in [0.25, 0.3) is 5.69 Å². The summed E-state index contributed by atoms with van der Waals surface area (Å²) in [6.07, 6.45) is 0.240. The fourth-order valence-electron chi connectivity index (χ4n) is 3.67. The summed E-state index contributed by atoms with van der Waals surface area (Å²) in [6, 6.07) is 24.0. The molecule has 0 saturated carbocycles. The molecule has 4 aromatic rings. The number of nitrogens with zero attached hydrogens (tertiary/aromatic N) is 2. The Morgan fingerprint density at radius 2 is 1.71 bits per heavy atom. The fourth-order valence-corrected chi connectivity index (χ4v) is 4.46. The van der Waals surface area contributed by atoms with E-state index >= 15 is 0 Å². The Morgan fingerprint density at radius 3 is 2.46 bits per heavy atom. The van der Waals surface area contributed by atoms with Crippen molar-refractivity contribution >= 4 is 23.4 Å². The average Bonchev–Trinajstić information content (AvgIpc) is 2.87. The number of para-hydroxylation sites is 3. The summed E-state index contributed by atoms with van der Waals surface area (Å²) >= 11 is 1.07. The smallest absolute Gasteiger partial charge is 0.266 e. The summed E-state index contributed by atoms with van der Waals surface area (Å²) < 4.78 is 6.75. The molecule has 0 unspecified atom stereocenters. The highest BCUT2D eigenvalue weighted by molar-refractivity contribution is 7.99. The summed E-state index contributed by atoms with van der Waals surface area (Å²) in [4.78, 5) is 30.6. The van der Waals surface area contributed by atoms with Gasteiger partial charge in [-0.1, -0.05) is 72.4 Å². The van der Waals surface area contributed by atoms with E-state index in [1.54, 1.807) is 18.2 Å². The van der Waals surface area contributed by atoms with Crippen LogP contribution in [0.2, 0.25) is 0 Å². The Hall–Kier alpha value is -4.04. The lowest BCUT2D eigenvalue weighted by Gasteiger charge is -2.16. The number of aromatic nitrogens is 2. The molecule has 1 heterocycles. The van der Waals surface area contributed by atoms with E-state index in [0.29, 0.717) is 17.1 Å². The van der Waals surface area contributed by atoms with Crippen molar-refractivity contribution in [1.29, 1.82) is 0 Å². The summed E-state index contributed by atoms with van der Waals surface area (Å²) in [7, 11) is 1.53. The van der Waals surface area contributed by atoms with Crippen LogP contribution in [0.15, 0.2) is 88.8 Å². The number of aromatic hydroxyl groups is 1. The van der Waals surface area contributed by atoms with Crippen LogP contribution in [-0.4, -0.2) is 33.4 Å². The van der Waals surface area contributed by atoms with Crippen molar-refractivity contribution in [2.45, 2.75) is 18.5 Å². The molecule has 8 heteroatoms. The lowest BCUT2D eigenvalue weighted by molar-refractivity contribution is -0.113. The molecule has 0 atom stereocenters. The van der Waals surface area contributed by atoms with Gasteiger partial charge in [0, 0.05) is 6.42 Å². The van der Waals surface area contributed by atoms with Crippen molar-refractivity contribution in [3.05, 3.63) is 106 Å². The number of nitrogens with one attached hydrogen (secondary N) is 1. The Morgan fingerprint density at radius 1 is 1.03 bits per heavy atom. The van der Waals surface area contributed by atoms with Crippen molar-refractivity contribution in [1.82, 2.24) is 9.55 Å². The SMILES string of the molecule is COc1ccccc1NC(=O)CSc1nc(O)c(Cc2ccccc2)c(=O)n1-c1ccccc1C. The van der Waals surface area contributed by atoms with Gasteiger partial charge in [0.05, 0.1) is 29.8 Å². The first-order valence-electron chi connectivity index (χ1n) is 11.0. The molecule has 1 aromatic heterocycles. The van der Waals surface area contributed by atoms with E-state index in [-0.39, 0.29) is 40.2 Å².